The molecule has 130 valence electrons. The highest BCUT2D eigenvalue weighted by atomic mass is 16.5. The Labute approximate surface area is 151 Å². The van der Waals surface area contributed by atoms with Crippen LogP contribution in [0.3, 0.4) is 0 Å². The van der Waals surface area contributed by atoms with Gasteiger partial charge < -0.3 is 9.72 Å². The summed E-state index contributed by atoms with van der Waals surface area (Å²) in [6, 6.07) is 7.52. The Bertz CT molecular complexity index is 1100. The molecule has 0 fully saturated rings. The molecule has 0 spiro atoms. The Morgan fingerprint density at radius 3 is 2.65 bits per heavy atom. The standard InChI is InChI=1S/C21H19N3O2/c1-11-6-15(9-22)7-18-16(11)8-19(24-18)21(25)20-12(2)17(14(4)26-5)10-23-13(20)3/h6-8,10,24H,4H2,1-3,5H3. The molecule has 0 radical (unpaired) electrons. The minimum Gasteiger partial charge on any atom is -0.497 e. The zero-order chi connectivity index (χ0) is 19.0. The first kappa shape index (κ1) is 17.4. The molecular weight excluding hydrogens is 326 g/mol. The number of nitrogens with zero attached hydrogens (tertiary/aromatic N) is 2. The number of rotatable bonds is 4. The quantitative estimate of drug-likeness (QED) is 0.567. The van der Waals surface area contributed by atoms with Crippen LogP contribution in [0.5, 0.6) is 0 Å². The lowest BCUT2D eigenvalue weighted by Gasteiger charge is -2.13. The molecule has 0 aliphatic carbocycles. The predicted octanol–water partition coefficient (Wildman–Crippen LogP) is 4.21. The van der Waals surface area contributed by atoms with E-state index in [1.54, 1.807) is 19.2 Å². The summed E-state index contributed by atoms with van der Waals surface area (Å²) in [4.78, 5) is 20.7. The van der Waals surface area contributed by atoms with Gasteiger partial charge in [0, 0.05) is 33.9 Å². The van der Waals surface area contributed by atoms with Gasteiger partial charge in [0.2, 0.25) is 5.78 Å². The number of aryl methyl sites for hydroxylation is 2. The number of benzene rings is 1. The zero-order valence-corrected chi connectivity index (χ0v) is 15.2. The number of methoxy groups -OCH3 is 1. The number of aromatic nitrogens is 2. The van der Waals surface area contributed by atoms with E-state index in [1.807, 2.05) is 26.0 Å². The summed E-state index contributed by atoms with van der Waals surface area (Å²) in [5.74, 6) is 0.322. The highest BCUT2D eigenvalue weighted by Gasteiger charge is 2.21. The number of H-pyrrole nitrogens is 1. The van der Waals surface area contributed by atoms with Crippen LogP contribution < -0.4 is 0 Å². The summed E-state index contributed by atoms with van der Waals surface area (Å²) in [6.07, 6.45) is 1.67. The van der Waals surface area contributed by atoms with E-state index in [0.717, 1.165) is 22.0 Å². The first-order chi connectivity index (χ1) is 12.4. The van der Waals surface area contributed by atoms with Gasteiger partial charge in [-0.1, -0.05) is 6.58 Å². The molecule has 5 nitrogen and oxygen atoms in total. The number of aromatic amines is 1. The van der Waals surface area contributed by atoms with Crippen LogP contribution >= 0.6 is 0 Å². The lowest BCUT2D eigenvalue weighted by molar-refractivity contribution is 0.103. The second kappa shape index (κ2) is 6.49. The molecule has 0 atom stereocenters. The fraction of sp³-hybridized carbons (Fsp3) is 0.190. The van der Waals surface area contributed by atoms with E-state index in [1.165, 1.54) is 7.11 Å². The van der Waals surface area contributed by atoms with Crippen LogP contribution in [0.25, 0.3) is 16.7 Å². The molecule has 0 unspecified atom stereocenters. The lowest BCUT2D eigenvalue weighted by atomic mass is 9.97. The van der Waals surface area contributed by atoms with Crippen LogP contribution in [-0.2, 0) is 4.74 Å². The molecule has 2 heterocycles. The van der Waals surface area contributed by atoms with Crippen LogP contribution in [0.2, 0.25) is 0 Å². The van der Waals surface area contributed by atoms with Gasteiger partial charge in [-0.05, 0) is 50.1 Å². The van der Waals surface area contributed by atoms with E-state index in [2.05, 4.69) is 22.6 Å². The van der Waals surface area contributed by atoms with Crippen molar-refractivity contribution >= 4 is 22.4 Å². The summed E-state index contributed by atoms with van der Waals surface area (Å²) >= 11 is 0. The molecule has 1 aromatic carbocycles. The summed E-state index contributed by atoms with van der Waals surface area (Å²) in [5, 5.41) is 10.1. The smallest absolute Gasteiger partial charge is 0.211 e. The molecule has 2 aromatic heterocycles. The topological polar surface area (TPSA) is 78.8 Å². The Kier molecular flexibility index (Phi) is 4.35. The van der Waals surface area contributed by atoms with Crippen LogP contribution in [0.15, 0.2) is 31.0 Å². The van der Waals surface area contributed by atoms with Gasteiger partial charge >= 0.3 is 0 Å². The molecule has 1 N–H and O–H groups in total. The number of hydrogen-bond donors (Lipinski definition) is 1. The Morgan fingerprint density at radius 1 is 1.27 bits per heavy atom. The maximum atomic E-state index is 13.2. The molecule has 0 amide bonds. The average Bonchev–Trinajstić information content (AvgIpc) is 3.05. The molecule has 0 aliphatic rings. The molecule has 26 heavy (non-hydrogen) atoms. The first-order valence-corrected chi connectivity index (χ1v) is 8.15. The third-order valence-corrected chi connectivity index (χ3v) is 4.62. The van der Waals surface area contributed by atoms with Crippen LogP contribution in [0.4, 0.5) is 0 Å². The highest BCUT2D eigenvalue weighted by molar-refractivity contribution is 6.12. The van der Waals surface area contributed by atoms with E-state index in [4.69, 9.17) is 10.00 Å². The third kappa shape index (κ3) is 2.76. The molecule has 3 rings (SSSR count). The number of ketones is 1. The van der Waals surface area contributed by atoms with Gasteiger partial charge in [0.25, 0.3) is 0 Å². The summed E-state index contributed by atoms with van der Waals surface area (Å²) in [5.41, 5.74) is 5.41. The van der Waals surface area contributed by atoms with E-state index < -0.39 is 0 Å². The fourth-order valence-electron chi connectivity index (χ4n) is 3.19. The van der Waals surface area contributed by atoms with Gasteiger partial charge in [-0.3, -0.25) is 9.78 Å². The van der Waals surface area contributed by atoms with Gasteiger partial charge in [0.05, 0.1) is 24.4 Å². The normalized spacial score (nSPS) is 10.6. The van der Waals surface area contributed by atoms with Gasteiger partial charge in [0.1, 0.15) is 5.76 Å². The van der Waals surface area contributed by atoms with Gasteiger partial charge in [0.15, 0.2) is 0 Å². The number of ether oxygens (including phenoxy) is 1. The molecule has 0 aliphatic heterocycles. The van der Waals surface area contributed by atoms with Gasteiger partial charge in [-0.25, -0.2) is 0 Å². The second-order valence-corrected chi connectivity index (χ2v) is 6.26. The van der Waals surface area contributed by atoms with E-state index in [0.29, 0.717) is 33.8 Å². The molecule has 0 saturated carbocycles. The van der Waals surface area contributed by atoms with E-state index in [9.17, 15) is 4.79 Å². The van der Waals surface area contributed by atoms with Crippen molar-refractivity contribution in [2.24, 2.45) is 0 Å². The molecule has 5 heteroatoms. The Hall–Kier alpha value is -3.39. The molecule has 3 aromatic rings. The Morgan fingerprint density at radius 2 is 2.00 bits per heavy atom. The second-order valence-electron chi connectivity index (χ2n) is 6.26. The monoisotopic (exact) mass is 345 g/mol. The average molecular weight is 345 g/mol. The number of nitrogens with one attached hydrogen (secondary N) is 1. The first-order valence-electron chi connectivity index (χ1n) is 8.15. The summed E-state index contributed by atoms with van der Waals surface area (Å²) in [7, 11) is 1.54. The predicted molar refractivity (Wildman–Crippen MR) is 101 cm³/mol. The van der Waals surface area contributed by atoms with Crippen molar-refractivity contribution in [3.63, 3.8) is 0 Å². The number of hydrogen-bond acceptors (Lipinski definition) is 4. The number of nitriles is 1. The van der Waals surface area contributed by atoms with Crippen molar-refractivity contribution in [2.45, 2.75) is 20.8 Å². The maximum Gasteiger partial charge on any atom is 0.211 e. The minimum atomic E-state index is -0.146. The van der Waals surface area contributed by atoms with Crippen LogP contribution in [0, 0.1) is 32.1 Å². The van der Waals surface area contributed by atoms with E-state index in [-0.39, 0.29) is 5.78 Å². The number of pyridine rings is 1. The van der Waals surface area contributed by atoms with E-state index >= 15 is 0 Å². The van der Waals surface area contributed by atoms with Gasteiger partial charge in [-0.15, -0.1) is 0 Å². The van der Waals surface area contributed by atoms with Crippen LogP contribution in [0.1, 0.15) is 44.0 Å². The SMILES string of the molecule is C=C(OC)c1cnc(C)c(C(=O)c2cc3c(C)cc(C#N)cc3[nH]2)c1C. The zero-order valence-electron chi connectivity index (χ0n) is 15.2. The number of carbonyl (C=O) groups is 1. The van der Waals surface area contributed by atoms with Crippen molar-refractivity contribution in [3.05, 3.63) is 70.2 Å². The summed E-state index contributed by atoms with van der Waals surface area (Å²) < 4.78 is 5.20. The van der Waals surface area contributed by atoms with Crippen molar-refractivity contribution in [3.8, 4) is 6.07 Å². The fourth-order valence-corrected chi connectivity index (χ4v) is 3.19. The van der Waals surface area contributed by atoms with Crippen molar-refractivity contribution < 1.29 is 9.53 Å². The lowest BCUT2D eigenvalue weighted by Crippen LogP contribution is -2.10. The van der Waals surface area contributed by atoms with Gasteiger partial charge in [-0.2, -0.15) is 5.26 Å². The molecule has 0 saturated heterocycles. The van der Waals surface area contributed by atoms with Crippen molar-refractivity contribution in [2.75, 3.05) is 7.11 Å². The Balaban J connectivity index is 2.16. The van der Waals surface area contributed by atoms with Crippen molar-refractivity contribution in [1.29, 1.82) is 5.26 Å². The highest BCUT2D eigenvalue weighted by Crippen LogP contribution is 2.27. The summed E-state index contributed by atoms with van der Waals surface area (Å²) in [6.45, 7) is 9.45. The molecule has 0 bridgehead atoms. The number of carbonyl (C=O) groups excluding carboxylic acids is 1. The third-order valence-electron chi connectivity index (χ3n) is 4.62. The molecular formula is C21H19N3O2. The largest absolute Gasteiger partial charge is 0.497 e. The minimum absolute atomic E-state index is 0.146. The number of fused-ring (bicyclic) bond motifs is 1. The van der Waals surface area contributed by atoms with Crippen molar-refractivity contribution in [1.82, 2.24) is 9.97 Å². The van der Waals surface area contributed by atoms with Crippen LogP contribution in [-0.4, -0.2) is 22.9 Å². The maximum absolute atomic E-state index is 13.2.